The zero-order chi connectivity index (χ0) is 12.4. The minimum Gasteiger partial charge on any atom is -0.372 e. The van der Waals surface area contributed by atoms with Crippen LogP contribution in [0.25, 0.3) is 0 Å². The Labute approximate surface area is 92.2 Å². The Balaban J connectivity index is 3.17. The van der Waals surface area contributed by atoms with Crippen LogP contribution in [0.1, 0.15) is 18.1 Å². The molecule has 1 unspecified atom stereocenters. The van der Waals surface area contributed by atoms with Crippen molar-refractivity contribution in [2.24, 2.45) is 5.73 Å². The van der Waals surface area contributed by atoms with Gasteiger partial charge in [-0.05, 0) is 24.6 Å². The Morgan fingerprint density at radius 1 is 1.25 bits per heavy atom. The molecule has 16 heavy (non-hydrogen) atoms. The molecule has 0 bridgehead atoms. The monoisotopic (exact) mass is 233 g/mol. The van der Waals surface area contributed by atoms with E-state index in [0.717, 1.165) is 12.1 Å². The van der Waals surface area contributed by atoms with E-state index >= 15 is 0 Å². The van der Waals surface area contributed by atoms with Crippen molar-refractivity contribution in [1.29, 1.82) is 0 Å². The van der Waals surface area contributed by atoms with Gasteiger partial charge in [0.25, 0.3) is 0 Å². The van der Waals surface area contributed by atoms with Crippen molar-refractivity contribution in [3.8, 4) is 0 Å². The van der Waals surface area contributed by atoms with E-state index in [2.05, 4.69) is 0 Å². The van der Waals surface area contributed by atoms with E-state index in [1.165, 1.54) is 13.2 Å². The van der Waals surface area contributed by atoms with Crippen molar-refractivity contribution in [2.45, 2.75) is 18.7 Å². The first-order valence-corrected chi connectivity index (χ1v) is 4.76. The number of ether oxygens (including phenoxy) is 1. The van der Waals surface area contributed by atoms with E-state index in [9.17, 15) is 13.2 Å². The molecule has 0 fully saturated rings. The summed E-state index contributed by atoms with van der Waals surface area (Å²) in [6, 6.07) is 5.02. The van der Waals surface area contributed by atoms with Crippen molar-refractivity contribution in [3.63, 3.8) is 0 Å². The molecule has 0 aliphatic carbocycles. The Morgan fingerprint density at radius 3 is 2.25 bits per heavy atom. The summed E-state index contributed by atoms with van der Waals surface area (Å²) < 4.78 is 42.6. The Hall–Kier alpha value is -1.07. The largest absolute Gasteiger partial charge is 0.416 e. The highest BCUT2D eigenvalue weighted by atomic mass is 19.4. The smallest absolute Gasteiger partial charge is 0.372 e. The molecule has 0 aliphatic rings. The molecule has 1 atom stereocenters. The van der Waals surface area contributed by atoms with Gasteiger partial charge in [-0.3, -0.25) is 0 Å². The summed E-state index contributed by atoms with van der Waals surface area (Å²) in [6.45, 7) is 1.77. The van der Waals surface area contributed by atoms with Crippen molar-refractivity contribution in [1.82, 2.24) is 0 Å². The predicted octanol–water partition coefficient (Wildman–Crippen LogP) is 2.53. The molecule has 1 aromatic rings. The quantitative estimate of drug-likeness (QED) is 0.870. The second-order valence-corrected chi connectivity index (χ2v) is 3.72. The van der Waals surface area contributed by atoms with Crippen LogP contribution in [-0.2, 0) is 16.5 Å². The lowest BCUT2D eigenvalue weighted by Gasteiger charge is -2.27. The van der Waals surface area contributed by atoms with Crippen molar-refractivity contribution < 1.29 is 17.9 Å². The van der Waals surface area contributed by atoms with Crippen LogP contribution in [0.15, 0.2) is 24.3 Å². The fraction of sp³-hybridized carbons (Fsp3) is 0.455. The molecule has 1 aromatic carbocycles. The molecule has 1 rings (SSSR count). The second kappa shape index (κ2) is 4.43. The molecule has 0 amide bonds. The molecule has 0 saturated heterocycles. The summed E-state index contributed by atoms with van der Waals surface area (Å²) in [6.07, 6.45) is -4.35. The van der Waals surface area contributed by atoms with Crippen LogP contribution < -0.4 is 5.73 Å². The Kier molecular flexibility index (Phi) is 3.60. The minimum absolute atomic E-state index is 0.116. The van der Waals surface area contributed by atoms with E-state index in [0.29, 0.717) is 5.56 Å². The van der Waals surface area contributed by atoms with Crippen molar-refractivity contribution in [2.75, 3.05) is 13.7 Å². The van der Waals surface area contributed by atoms with Gasteiger partial charge in [0.05, 0.1) is 5.56 Å². The number of nitrogens with two attached hydrogens (primary N) is 1. The van der Waals surface area contributed by atoms with Gasteiger partial charge in [-0.15, -0.1) is 0 Å². The van der Waals surface area contributed by atoms with E-state index in [4.69, 9.17) is 10.5 Å². The molecular formula is C11H14F3NO. The standard InChI is InChI=1S/C11H14F3NO/c1-10(7-15,16-2)8-4-3-5-9(6-8)11(12,13)14/h3-6H,7,15H2,1-2H3. The fourth-order valence-corrected chi connectivity index (χ4v) is 1.34. The van der Waals surface area contributed by atoms with Gasteiger partial charge >= 0.3 is 6.18 Å². The Bertz CT molecular complexity index is 358. The van der Waals surface area contributed by atoms with E-state index < -0.39 is 17.3 Å². The molecule has 90 valence electrons. The summed E-state index contributed by atoms with van der Waals surface area (Å²) in [5.74, 6) is 0. The maximum atomic E-state index is 12.5. The third kappa shape index (κ3) is 2.54. The van der Waals surface area contributed by atoms with Crippen LogP contribution in [0.3, 0.4) is 0 Å². The number of hydrogen-bond donors (Lipinski definition) is 1. The molecule has 2 nitrogen and oxygen atoms in total. The van der Waals surface area contributed by atoms with Gasteiger partial charge in [-0.1, -0.05) is 12.1 Å². The lowest BCUT2D eigenvalue weighted by Crippen LogP contribution is -2.33. The van der Waals surface area contributed by atoms with E-state index in [-0.39, 0.29) is 6.54 Å². The summed E-state index contributed by atoms with van der Waals surface area (Å²) >= 11 is 0. The van der Waals surface area contributed by atoms with Gasteiger partial charge in [-0.25, -0.2) is 0 Å². The van der Waals surface area contributed by atoms with Gasteiger partial charge in [0.1, 0.15) is 5.60 Å². The number of halogens is 3. The van der Waals surface area contributed by atoms with Crippen LogP contribution in [0.5, 0.6) is 0 Å². The highest BCUT2D eigenvalue weighted by Crippen LogP contribution is 2.32. The first-order valence-electron chi connectivity index (χ1n) is 4.76. The van der Waals surface area contributed by atoms with Crippen molar-refractivity contribution >= 4 is 0 Å². The SMILES string of the molecule is COC(C)(CN)c1cccc(C(F)(F)F)c1. The first-order chi connectivity index (χ1) is 7.33. The molecule has 0 aliphatic heterocycles. The average molecular weight is 233 g/mol. The number of alkyl halides is 3. The van der Waals surface area contributed by atoms with Gasteiger partial charge in [0, 0.05) is 13.7 Å². The summed E-state index contributed by atoms with van der Waals surface area (Å²) in [5, 5.41) is 0. The predicted molar refractivity (Wildman–Crippen MR) is 54.9 cm³/mol. The second-order valence-electron chi connectivity index (χ2n) is 3.72. The van der Waals surface area contributed by atoms with Crippen molar-refractivity contribution in [3.05, 3.63) is 35.4 Å². The molecule has 0 aromatic heterocycles. The highest BCUT2D eigenvalue weighted by Gasteiger charge is 2.33. The average Bonchev–Trinajstić information content (AvgIpc) is 2.27. The van der Waals surface area contributed by atoms with Crippen LogP contribution in [-0.4, -0.2) is 13.7 Å². The zero-order valence-corrected chi connectivity index (χ0v) is 9.14. The number of rotatable bonds is 3. The molecule has 0 radical (unpaired) electrons. The minimum atomic E-state index is -4.35. The third-order valence-electron chi connectivity index (χ3n) is 2.64. The normalized spacial score (nSPS) is 15.9. The number of hydrogen-bond acceptors (Lipinski definition) is 2. The summed E-state index contributed by atoms with van der Waals surface area (Å²) in [5.41, 5.74) is 4.35. The Morgan fingerprint density at radius 2 is 1.81 bits per heavy atom. The van der Waals surface area contributed by atoms with Crippen LogP contribution in [0.4, 0.5) is 13.2 Å². The molecule has 0 spiro atoms. The van der Waals surface area contributed by atoms with Crippen LogP contribution >= 0.6 is 0 Å². The van der Waals surface area contributed by atoms with Gasteiger partial charge in [-0.2, -0.15) is 13.2 Å². The summed E-state index contributed by atoms with van der Waals surface area (Å²) in [4.78, 5) is 0. The third-order valence-corrected chi connectivity index (χ3v) is 2.64. The molecule has 5 heteroatoms. The lowest BCUT2D eigenvalue weighted by molar-refractivity contribution is -0.137. The molecular weight excluding hydrogens is 219 g/mol. The number of benzene rings is 1. The fourth-order valence-electron chi connectivity index (χ4n) is 1.34. The highest BCUT2D eigenvalue weighted by molar-refractivity contribution is 5.30. The van der Waals surface area contributed by atoms with Gasteiger partial charge in [0.15, 0.2) is 0 Å². The van der Waals surface area contributed by atoms with Crippen LogP contribution in [0, 0.1) is 0 Å². The maximum absolute atomic E-state index is 12.5. The topological polar surface area (TPSA) is 35.2 Å². The van der Waals surface area contributed by atoms with Gasteiger partial charge < -0.3 is 10.5 Å². The summed E-state index contributed by atoms with van der Waals surface area (Å²) in [7, 11) is 1.42. The lowest BCUT2D eigenvalue weighted by atomic mass is 9.94. The zero-order valence-electron chi connectivity index (χ0n) is 9.14. The maximum Gasteiger partial charge on any atom is 0.416 e. The molecule has 2 N–H and O–H groups in total. The van der Waals surface area contributed by atoms with Gasteiger partial charge in [0.2, 0.25) is 0 Å². The van der Waals surface area contributed by atoms with E-state index in [1.54, 1.807) is 13.0 Å². The first kappa shape index (κ1) is 13.0. The molecule has 0 saturated carbocycles. The number of methoxy groups -OCH3 is 1. The van der Waals surface area contributed by atoms with Crippen LogP contribution in [0.2, 0.25) is 0 Å². The molecule has 0 heterocycles. The van der Waals surface area contributed by atoms with E-state index in [1.807, 2.05) is 0 Å².